The predicted molar refractivity (Wildman–Crippen MR) is 64.7 cm³/mol. The van der Waals surface area contributed by atoms with Crippen LogP contribution in [-0.4, -0.2) is 48.6 Å². The number of nitrogens with zero attached hydrogens (tertiary/aromatic N) is 2. The number of hydrogen-bond acceptors (Lipinski definition) is 2. The van der Waals surface area contributed by atoms with Crippen molar-refractivity contribution in [3.05, 3.63) is 0 Å². The van der Waals surface area contributed by atoms with Crippen molar-refractivity contribution in [3.8, 4) is 0 Å². The summed E-state index contributed by atoms with van der Waals surface area (Å²) in [6.45, 7) is 12.5. The predicted octanol–water partition coefficient (Wildman–Crippen LogP) is 2.45. The van der Waals surface area contributed by atoms with E-state index < -0.39 is 0 Å². The monoisotopic (exact) mass is 200 g/mol. The standard InChI is InChI=1S/C12H28N2/c1-8-12(14(7)11(4)5)9-13(6)10(2)3/h10-12H,8-9H2,1-7H3. The molecule has 0 amide bonds. The Balaban J connectivity index is 4.14. The van der Waals surface area contributed by atoms with Crippen molar-refractivity contribution in [1.29, 1.82) is 0 Å². The molecule has 0 rings (SSSR count). The minimum Gasteiger partial charge on any atom is -0.302 e. The topological polar surface area (TPSA) is 6.48 Å². The average Bonchev–Trinajstić information content (AvgIpc) is 2.12. The molecule has 0 bridgehead atoms. The molecule has 0 aliphatic heterocycles. The fraction of sp³-hybridized carbons (Fsp3) is 1.00. The zero-order valence-corrected chi connectivity index (χ0v) is 11.0. The van der Waals surface area contributed by atoms with Gasteiger partial charge in [0.25, 0.3) is 0 Å². The summed E-state index contributed by atoms with van der Waals surface area (Å²) in [5.41, 5.74) is 0. The first-order valence-corrected chi connectivity index (χ1v) is 5.82. The van der Waals surface area contributed by atoms with E-state index in [-0.39, 0.29) is 0 Å². The molecule has 2 nitrogen and oxygen atoms in total. The zero-order chi connectivity index (χ0) is 11.3. The summed E-state index contributed by atoms with van der Waals surface area (Å²) < 4.78 is 0. The van der Waals surface area contributed by atoms with Gasteiger partial charge in [0.2, 0.25) is 0 Å². The van der Waals surface area contributed by atoms with Gasteiger partial charge in [-0.25, -0.2) is 0 Å². The lowest BCUT2D eigenvalue weighted by atomic mass is 10.1. The molecule has 1 unspecified atom stereocenters. The van der Waals surface area contributed by atoms with Gasteiger partial charge in [-0.3, -0.25) is 4.90 Å². The van der Waals surface area contributed by atoms with Crippen molar-refractivity contribution < 1.29 is 0 Å². The van der Waals surface area contributed by atoms with Gasteiger partial charge >= 0.3 is 0 Å². The minimum atomic E-state index is 0.639. The summed E-state index contributed by atoms with van der Waals surface area (Å²) in [6, 6.07) is 1.97. The fourth-order valence-electron chi connectivity index (χ4n) is 1.51. The molecule has 0 saturated carbocycles. The molecular formula is C12H28N2. The van der Waals surface area contributed by atoms with Crippen LogP contribution in [0.2, 0.25) is 0 Å². The summed E-state index contributed by atoms with van der Waals surface area (Å²) in [7, 11) is 4.44. The van der Waals surface area contributed by atoms with E-state index >= 15 is 0 Å². The molecule has 0 saturated heterocycles. The molecule has 0 aliphatic carbocycles. The summed E-state index contributed by atoms with van der Waals surface area (Å²) in [5, 5.41) is 0. The van der Waals surface area contributed by atoms with Gasteiger partial charge in [-0.1, -0.05) is 6.92 Å². The third-order valence-electron chi connectivity index (χ3n) is 3.24. The smallest absolute Gasteiger partial charge is 0.0220 e. The molecule has 0 fully saturated rings. The van der Waals surface area contributed by atoms with E-state index in [1.54, 1.807) is 0 Å². The van der Waals surface area contributed by atoms with Crippen LogP contribution < -0.4 is 0 Å². The summed E-state index contributed by atoms with van der Waals surface area (Å²) in [5.74, 6) is 0. The first-order valence-electron chi connectivity index (χ1n) is 5.82. The minimum absolute atomic E-state index is 0.639. The van der Waals surface area contributed by atoms with Crippen LogP contribution in [0.15, 0.2) is 0 Å². The zero-order valence-electron chi connectivity index (χ0n) is 11.0. The number of likely N-dealkylation sites (N-methyl/N-ethyl adjacent to an activating group) is 2. The van der Waals surface area contributed by atoms with Gasteiger partial charge in [-0.2, -0.15) is 0 Å². The first kappa shape index (κ1) is 13.9. The molecule has 0 aromatic heterocycles. The van der Waals surface area contributed by atoms with Crippen molar-refractivity contribution in [3.63, 3.8) is 0 Å². The second-order valence-electron chi connectivity index (χ2n) is 4.85. The Hall–Kier alpha value is -0.0800. The third kappa shape index (κ3) is 4.43. The van der Waals surface area contributed by atoms with E-state index in [9.17, 15) is 0 Å². The van der Waals surface area contributed by atoms with Crippen LogP contribution in [0, 0.1) is 0 Å². The Kier molecular flexibility index (Phi) is 6.38. The van der Waals surface area contributed by atoms with Gasteiger partial charge in [0.05, 0.1) is 0 Å². The Morgan fingerprint density at radius 3 is 1.71 bits per heavy atom. The SMILES string of the molecule is CCC(CN(C)C(C)C)N(C)C(C)C. The first-order chi connectivity index (χ1) is 6.40. The maximum absolute atomic E-state index is 2.47. The molecule has 0 N–H and O–H groups in total. The van der Waals surface area contributed by atoms with E-state index in [4.69, 9.17) is 0 Å². The van der Waals surface area contributed by atoms with Crippen LogP contribution in [0.4, 0.5) is 0 Å². The summed E-state index contributed by atoms with van der Waals surface area (Å²) >= 11 is 0. The summed E-state index contributed by atoms with van der Waals surface area (Å²) in [6.07, 6.45) is 1.23. The molecule has 0 heterocycles. The van der Waals surface area contributed by atoms with Crippen LogP contribution in [0.1, 0.15) is 41.0 Å². The fourth-order valence-corrected chi connectivity index (χ4v) is 1.51. The highest BCUT2D eigenvalue weighted by Gasteiger charge is 2.17. The van der Waals surface area contributed by atoms with Crippen LogP contribution in [0.25, 0.3) is 0 Å². The average molecular weight is 200 g/mol. The Morgan fingerprint density at radius 1 is 0.929 bits per heavy atom. The Morgan fingerprint density at radius 2 is 1.43 bits per heavy atom. The quantitative estimate of drug-likeness (QED) is 0.650. The third-order valence-corrected chi connectivity index (χ3v) is 3.24. The number of rotatable bonds is 6. The van der Waals surface area contributed by atoms with Crippen LogP contribution in [0.3, 0.4) is 0 Å². The van der Waals surface area contributed by atoms with E-state index in [2.05, 4.69) is 58.5 Å². The molecule has 0 aromatic carbocycles. The van der Waals surface area contributed by atoms with E-state index in [1.807, 2.05) is 0 Å². The molecule has 0 spiro atoms. The van der Waals surface area contributed by atoms with Gasteiger partial charge < -0.3 is 4.90 Å². The number of hydrogen-bond donors (Lipinski definition) is 0. The lowest BCUT2D eigenvalue weighted by Gasteiger charge is -2.35. The molecule has 86 valence electrons. The Labute approximate surface area is 90.3 Å². The van der Waals surface area contributed by atoms with Crippen molar-refractivity contribution >= 4 is 0 Å². The van der Waals surface area contributed by atoms with Crippen molar-refractivity contribution in [1.82, 2.24) is 9.80 Å². The van der Waals surface area contributed by atoms with Crippen molar-refractivity contribution in [2.45, 2.75) is 59.2 Å². The Bertz CT molecular complexity index is 143. The van der Waals surface area contributed by atoms with E-state index in [1.165, 1.54) is 13.0 Å². The lowest BCUT2D eigenvalue weighted by Crippen LogP contribution is -2.45. The molecule has 0 aromatic rings. The molecular weight excluding hydrogens is 172 g/mol. The maximum atomic E-state index is 2.47. The second-order valence-corrected chi connectivity index (χ2v) is 4.85. The highest BCUT2D eigenvalue weighted by atomic mass is 15.2. The van der Waals surface area contributed by atoms with Crippen LogP contribution in [-0.2, 0) is 0 Å². The molecule has 0 radical (unpaired) electrons. The largest absolute Gasteiger partial charge is 0.302 e. The van der Waals surface area contributed by atoms with Crippen LogP contribution >= 0.6 is 0 Å². The van der Waals surface area contributed by atoms with Gasteiger partial charge in [-0.05, 0) is 48.2 Å². The highest BCUT2D eigenvalue weighted by Crippen LogP contribution is 2.08. The molecule has 14 heavy (non-hydrogen) atoms. The lowest BCUT2D eigenvalue weighted by molar-refractivity contribution is 0.132. The highest BCUT2D eigenvalue weighted by molar-refractivity contribution is 4.74. The van der Waals surface area contributed by atoms with Gasteiger partial charge in [0.1, 0.15) is 0 Å². The van der Waals surface area contributed by atoms with Gasteiger partial charge in [-0.15, -0.1) is 0 Å². The van der Waals surface area contributed by atoms with Gasteiger partial charge in [0, 0.05) is 24.7 Å². The van der Waals surface area contributed by atoms with Crippen LogP contribution in [0.5, 0.6) is 0 Å². The van der Waals surface area contributed by atoms with E-state index in [0.29, 0.717) is 18.1 Å². The summed E-state index contributed by atoms with van der Waals surface area (Å²) in [4.78, 5) is 4.89. The maximum Gasteiger partial charge on any atom is 0.0220 e. The normalized spacial score (nSPS) is 14.8. The molecule has 2 heteroatoms. The molecule has 0 aliphatic rings. The van der Waals surface area contributed by atoms with E-state index in [0.717, 1.165) is 0 Å². The molecule has 1 atom stereocenters. The van der Waals surface area contributed by atoms with Crippen molar-refractivity contribution in [2.24, 2.45) is 0 Å². The van der Waals surface area contributed by atoms with Crippen molar-refractivity contribution in [2.75, 3.05) is 20.6 Å². The van der Waals surface area contributed by atoms with Gasteiger partial charge in [0.15, 0.2) is 0 Å². The second kappa shape index (κ2) is 6.41.